The van der Waals surface area contributed by atoms with Crippen LogP contribution in [-0.2, 0) is 0 Å². The summed E-state index contributed by atoms with van der Waals surface area (Å²) in [5.74, 6) is 0. The van der Waals surface area contributed by atoms with Gasteiger partial charge in [0.25, 0.3) is 0 Å². The molecule has 0 rings (SSSR count). The zero-order chi connectivity index (χ0) is 4.00. The molecule has 0 spiro atoms. The molecule has 0 radical (unpaired) electrons. The van der Waals surface area contributed by atoms with E-state index in [-0.39, 0.29) is 46.8 Å². The van der Waals surface area contributed by atoms with Crippen LogP contribution in [-0.4, -0.2) is 23.1 Å². The summed E-state index contributed by atoms with van der Waals surface area (Å²) in [6.45, 7) is 10.0. The normalized spacial score (nSPS) is 1.50. The van der Waals surface area contributed by atoms with E-state index in [2.05, 4.69) is 13.8 Å². The third kappa shape index (κ3) is 383. The van der Waals surface area contributed by atoms with Gasteiger partial charge in [0.05, 0.1) is 0 Å². The molecule has 0 aliphatic carbocycles. The second-order valence-corrected chi connectivity index (χ2v) is 0. The zero-order valence-electron chi connectivity index (χ0n) is 4.12. The molecular weight excluding hydrogens is 108 g/mol. The molecule has 0 saturated carbocycles. The quantitative estimate of drug-likeness (QED) is 0.351. The van der Waals surface area contributed by atoms with Gasteiger partial charge in [-0.25, -0.2) is 0 Å². The summed E-state index contributed by atoms with van der Waals surface area (Å²) in [6, 6.07) is 0. The van der Waals surface area contributed by atoms with E-state index >= 15 is 0 Å². The molecule has 0 aromatic carbocycles. The van der Waals surface area contributed by atoms with Gasteiger partial charge < -0.3 is 13.8 Å². The molecular formula is C7H24Mg. The van der Waals surface area contributed by atoms with Crippen LogP contribution in [0.4, 0.5) is 0 Å². The maximum Gasteiger partial charge on any atom is 2.00 e. The first-order chi connectivity index (χ1) is 2.00. The van der Waals surface area contributed by atoms with Crippen LogP contribution >= 0.6 is 0 Å². The van der Waals surface area contributed by atoms with Crippen LogP contribution in [0.2, 0.25) is 0 Å². The SMILES string of the molecule is C.C.C.[2HH].[CH2-]C.[CH2-]C.[Mg+2]. The van der Waals surface area contributed by atoms with Crippen LogP contribution in [0.25, 0.3) is 0 Å². The molecule has 0 aromatic rings. The summed E-state index contributed by atoms with van der Waals surface area (Å²) >= 11 is 0. The van der Waals surface area contributed by atoms with E-state index in [1.54, 1.807) is 13.8 Å². The van der Waals surface area contributed by atoms with Gasteiger partial charge >= 0.3 is 23.1 Å². The van der Waals surface area contributed by atoms with Crippen molar-refractivity contribution in [1.29, 1.82) is 0 Å². The first-order valence-electron chi connectivity index (χ1n) is 1.41. The van der Waals surface area contributed by atoms with Crippen LogP contribution in [0, 0.1) is 13.8 Å². The smallest absolute Gasteiger partial charge is 0.346 e. The van der Waals surface area contributed by atoms with Crippen LogP contribution in [0.15, 0.2) is 0 Å². The minimum Gasteiger partial charge on any atom is -0.346 e. The van der Waals surface area contributed by atoms with Crippen molar-refractivity contribution < 1.29 is 1.43 Å². The topological polar surface area (TPSA) is 0 Å². The predicted molar refractivity (Wildman–Crippen MR) is 50.1 cm³/mol. The standard InChI is InChI=1S/2C2H5.3CH4.Mg.H2/c2*1-2;;;;;/h2*1H2,2H3;3*1H4;;1H/q2*-1;;;;+2;/i;;;;;;1+1. The first-order valence-corrected chi connectivity index (χ1v) is 1.41. The Morgan fingerprint density at radius 1 is 0.750 bits per heavy atom. The second-order valence-electron chi connectivity index (χ2n) is 0. The van der Waals surface area contributed by atoms with Crippen molar-refractivity contribution in [2.45, 2.75) is 36.1 Å². The van der Waals surface area contributed by atoms with Crippen LogP contribution in [0.1, 0.15) is 37.6 Å². The minimum absolute atomic E-state index is 0. The molecule has 0 heterocycles. The maximum absolute atomic E-state index is 3.25. The molecule has 0 aliphatic rings. The summed E-state index contributed by atoms with van der Waals surface area (Å²) in [7, 11) is 0. The Kier molecular flexibility index (Phi) is 5230. The molecule has 0 bridgehead atoms. The minimum atomic E-state index is 0. The Morgan fingerprint density at radius 3 is 0.750 bits per heavy atom. The third-order valence-corrected chi connectivity index (χ3v) is 0. The molecule has 0 aliphatic heterocycles. The Balaban J connectivity index is -0.00000000114. The molecule has 0 fully saturated rings. The summed E-state index contributed by atoms with van der Waals surface area (Å²) in [4.78, 5) is 0. The van der Waals surface area contributed by atoms with E-state index in [1.165, 1.54) is 0 Å². The van der Waals surface area contributed by atoms with Crippen LogP contribution in [0.5, 0.6) is 0 Å². The molecule has 0 N–H and O–H groups in total. The van der Waals surface area contributed by atoms with Crippen molar-refractivity contribution in [2.24, 2.45) is 0 Å². The Labute approximate surface area is 74.7 Å². The van der Waals surface area contributed by atoms with E-state index in [9.17, 15) is 0 Å². The monoisotopic (exact) mass is 133 g/mol. The fourth-order valence-electron chi connectivity index (χ4n) is 0. The summed E-state index contributed by atoms with van der Waals surface area (Å²) < 4.78 is 0. The van der Waals surface area contributed by atoms with Gasteiger partial charge in [0, 0.05) is 1.43 Å². The van der Waals surface area contributed by atoms with Gasteiger partial charge in [-0.2, -0.15) is 13.8 Å². The maximum atomic E-state index is 3.25. The summed E-state index contributed by atoms with van der Waals surface area (Å²) in [5.41, 5.74) is 0. The van der Waals surface area contributed by atoms with Gasteiger partial charge in [-0.05, 0) is 0 Å². The van der Waals surface area contributed by atoms with Gasteiger partial charge in [-0.3, -0.25) is 0 Å². The van der Waals surface area contributed by atoms with Crippen molar-refractivity contribution in [2.75, 3.05) is 0 Å². The summed E-state index contributed by atoms with van der Waals surface area (Å²) in [5, 5.41) is 0. The third-order valence-electron chi connectivity index (χ3n) is 0. The average Bonchev–Trinajstić information content (AvgIpc) is 1.50. The number of hydrogen-bond acceptors (Lipinski definition) is 0. The van der Waals surface area contributed by atoms with Gasteiger partial charge in [0.1, 0.15) is 0 Å². The van der Waals surface area contributed by atoms with Gasteiger partial charge in [-0.15, -0.1) is 0 Å². The van der Waals surface area contributed by atoms with Crippen molar-refractivity contribution in [3.05, 3.63) is 13.8 Å². The molecule has 0 aromatic heterocycles. The molecule has 0 atom stereocenters. The van der Waals surface area contributed by atoms with Crippen molar-refractivity contribution in [1.82, 2.24) is 0 Å². The zero-order valence-corrected chi connectivity index (χ0v) is 5.54. The molecule has 0 nitrogen and oxygen atoms in total. The molecule has 0 saturated heterocycles. The molecule has 0 unspecified atom stereocenters. The van der Waals surface area contributed by atoms with E-state index in [0.29, 0.717) is 0 Å². The van der Waals surface area contributed by atoms with Crippen LogP contribution in [0.3, 0.4) is 0 Å². The number of hydrogen-bond donors (Lipinski definition) is 0. The molecule has 8 heavy (non-hydrogen) atoms. The van der Waals surface area contributed by atoms with Crippen molar-refractivity contribution in [3.63, 3.8) is 0 Å². The summed E-state index contributed by atoms with van der Waals surface area (Å²) in [6.07, 6.45) is 0. The Morgan fingerprint density at radius 2 is 0.750 bits per heavy atom. The molecule has 54 valence electrons. The largest absolute Gasteiger partial charge is 2.00 e. The second kappa shape index (κ2) is 606. The molecule has 1 heteroatoms. The van der Waals surface area contributed by atoms with Crippen LogP contribution < -0.4 is 0 Å². The number of rotatable bonds is 0. The van der Waals surface area contributed by atoms with Gasteiger partial charge in [-0.1, -0.05) is 22.3 Å². The van der Waals surface area contributed by atoms with Gasteiger partial charge in [0.2, 0.25) is 0 Å². The van der Waals surface area contributed by atoms with E-state index in [0.717, 1.165) is 0 Å². The van der Waals surface area contributed by atoms with Crippen molar-refractivity contribution >= 4 is 23.1 Å². The average molecular weight is 134 g/mol. The Bertz CT molecular complexity index is 8.88. The van der Waals surface area contributed by atoms with Gasteiger partial charge in [0.15, 0.2) is 0 Å². The van der Waals surface area contributed by atoms with E-state index in [1.807, 2.05) is 0 Å². The Hall–Kier alpha value is 0.766. The first kappa shape index (κ1) is 69.1. The van der Waals surface area contributed by atoms with E-state index in [4.69, 9.17) is 0 Å². The fraction of sp³-hybridized carbons (Fsp3) is 0.714. The van der Waals surface area contributed by atoms with Crippen molar-refractivity contribution in [3.8, 4) is 0 Å². The molecule has 0 amide bonds. The van der Waals surface area contributed by atoms with E-state index < -0.39 is 0 Å². The predicted octanol–water partition coefficient (Wildman–Crippen LogP) is 3.45. The fourth-order valence-corrected chi connectivity index (χ4v) is 0.